The van der Waals surface area contributed by atoms with Crippen LogP contribution >= 0.6 is 25.3 Å². The molecule has 0 aromatic rings. The lowest BCUT2D eigenvalue weighted by atomic mass is 9.80. The first-order valence-electron chi connectivity index (χ1n) is 4.37. The fourth-order valence-electron chi connectivity index (χ4n) is 2.91. The van der Waals surface area contributed by atoms with Gasteiger partial charge in [-0.15, -0.1) is 0 Å². The number of hydrogen-bond acceptors (Lipinski definition) is 2. The van der Waals surface area contributed by atoms with Crippen LogP contribution in [0, 0.1) is 11.8 Å². The monoisotopic (exact) mass is 184 g/mol. The van der Waals surface area contributed by atoms with Gasteiger partial charge >= 0.3 is 0 Å². The highest BCUT2D eigenvalue weighted by Crippen LogP contribution is 2.75. The molecular formula is C9H12S2. The first-order valence-corrected chi connectivity index (χ1v) is 5.33. The first kappa shape index (κ1) is 6.90. The van der Waals surface area contributed by atoms with Crippen molar-refractivity contribution in [2.75, 3.05) is 0 Å². The summed E-state index contributed by atoms with van der Waals surface area (Å²) in [4.78, 5) is 0. The molecule has 0 nitrogen and oxygen atoms in total. The van der Waals surface area contributed by atoms with Crippen LogP contribution < -0.4 is 0 Å². The minimum absolute atomic E-state index is 0.258. The Morgan fingerprint density at radius 2 is 2.36 bits per heavy atom. The highest BCUT2D eigenvalue weighted by Gasteiger charge is 2.74. The summed E-state index contributed by atoms with van der Waals surface area (Å²) in [5, 5.41) is 0.558. The average Bonchev–Trinajstić information content (AvgIpc) is 2.60. The quantitative estimate of drug-likeness (QED) is 0.419. The van der Waals surface area contributed by atoms with E-state index >= 15 is 0 Å². The SMILES string of the molecule is SC1C2CCCC=C3C2C31S. The second-order valence-corrected chi connectivity index (χ2v) is 5.30. The van der Waals surface area contributed by atoms with Crippen LogP contribution in [0.5, 0.6) is 0 Å². The van der Waals surface area contributed by atoms with Crippen molar-refractivity contribution in [3.63, 3.8) is 0 Å². The summed E-state index contributed by atoms with van der Waals surface area (Å²) in [6, 6.07) is 0. The molecule has 0 radical (unpaired) electrons. The number of thiol groups is 2. The lowest BCUT2D eigenvalue weighted by molar-refractivity contribution is 0.306. The van der Waals surface area contributed by atoms with Crippen LogP contribution in [0.1, 0.15) is 19.3 Å². The molecule has 4 unspecified atom stereocenters. The molecule has 0 heterocycles. The van der Waals surface area contributed by atoms with Gasteiger partial charge in [-0.3, -0.25) is 0 Å². The minimum Gasteiger partial charge on any atom is -0.174 e. The van der Waals surface area contributed by atoms with Crippen molar-refractivity contribution in [3.8, 4) is 0 Å². The molecule has 0 amide bonds. The molecule has 0 N–H and O–H groups in total. The molecule has 2 heteroatoms. The minimum atomic E-state index is 0.258. The molecule has 0 saturated heterocycles. The van der Waals surface area contributed by atoms with Crippen LogP contribution in [0.15, 0.2) is 11.6 Å². The molecule has 4 atom stereocenters. The maximum atomic E-state index is 4.69. The van der Waals surface area contributed by atoms with Crippen molar-refractivity contribution >= 4 is 25.3 Å². The Kier molecular flexibility index (Phi) is 1.16. The molecule has 0 bridgehead atoms. The number of rotatable bonds is 0. The third kappa shape index (κ3) is 0.592. The van der Waals surface area contributed by atoms with Crippen LogP contribution in [0.25, 0.3) is 0 Å². The molecule has 0 aromatic heterocycles. The highest BCUT2D eigenvalue weighted by atomic mass is 32.1. The van der Waals surface area contributed by atoms with E-state index in [0.717, 1.165) is 11.8 Å². The van der Waals surface area contributed by atoms with Crippen LogP contribution in [0.4, 0.5) is 0 Å². The van der Waals surface area contributed by atoms with Gasteiger partial charge < -0.3 is 0 Å². The fourth-order valence-corrected chi connectivity index (χ4v) is 4.23. The van der Waals surface area contributed by atoms with E-state index < -0.39 is 0 Å². The van der Waals surface area contributed by atoms with Gasteiger partial charge in [0.15, 0.2) is 0 Å². The van der Waals surface area contributed by atoms with Crippen molar-refractivity contribution in [3.05, 3.63) is 11.6 Å². The second kappa shape index (κ2) is 1.85. The van der Waals surface area contributed by atoms with E-state index in [4.69, 9.17) is 0 Å². The van der Waals surface area contributed by atoms with Crippen LogP contribution in [0.2, 0.25) is 0 Å². The summed E-state index contributed by atoms with van der Waals surface area (Å²) in [6.07, 6.45) is 6.44. The number of allylic oxidation sites excluding steroid dienone is 1. The zero-order valence-electron chi connectivity index (χ0n) is 6.33. The van der Waals surface area contributed by atoms with E-state index in [2.05, 4.69) is 31.3 Å². The summed E-state index contributed by atoms with van der Waals surface area (Å²) < 4.78 is 0.258. The summed E-state index contributed by atoms with van der Waals surface area (Å²) in [7, 11) is 0. The van der Waals surface area contributed by atoms with Crippen molar-refractivity contribution in [2.45, 2.75) is 29.3 Å². The van der Waals surface area contributed by atoms with E-state index in [1.165, 1.54) is 19.3 Å². The van der Waals surface area contributed by atoms with Gasteiger partial charge in [0, 0.05) is 11.2 Å². The van der Waals surface area contributed by atoms with Gasteiger partial charge in [0.25, 0.3) is 0 Å². The Bertz CT molecular complexity index is 246. The predicted molar refractivity (Wildman–Crippen MR) is 53.4 cm³/mol. The van der Waals surface area contributed by atoms with Crippen molar-refractivity contribution in [1.29, 1.82) is 0 Å². The molecule has 0 aliphatic heterocycles. The van der Waals surface area contributed by atoms with Gasteiger partial charge in [-0.1, -0.05) is 11.6 Å². The Balaban J connectivity index is 2.02. The van der Waals surface area contributed by atoms with Gasteiger partial charge in [0.2, 0.25) is 0 Å². The standard InChI is InChI=1S/C9H12S2/c10-8-5-3-1-2-4-6-7(5)9(6,8)11/h4-5,7-8,10-11H,1-3H2. The fraction of sp³-hybridized carbons (Fsp3) is 0.778. The Labute approximate surface area is 78.3 Å². The zero-order chi connectivity index (χ0) is 7.64. The normalized spacial score (nSPS) is 58.7. The molecule has 2 saturated carbocycles. The van der Waals surface area contributed by atoms with E-state index in [9.17, 15) is 0 Å². The molecule has 60 valence electrons. The van der Waals surface area contributed by atoms with E-state index in [0.29, 0.717) is 5.25 Å². The maximum absolute atomic E-state index is 4.69. The molecule has 3 aliphatic rings. The predicted octanol–water partition coefficient (Wildman–Crippen LogP) is 2.32. The van der Waals surface area contributed by atoms with Crippen LogP contribution in [-0.2, 0) is 0 Å². The summed E-state index contributed by atoms with van der Waals surface area (Å²) in [5.41, 5.74) is 1.61. The smallest absolute Gasteiger partial charge is 0.0529 e. The Morgan fingerprint density at radius 1 is 1.55 bits per heavy atom. The summed E-state index contributed by atoms with van der Waals surface area (Å²) in [5.74, 6) is 1.69. The van der Waals surface area contributed by atoms with Crippen molar-refractivity contribution in [2.24, 2.45) is 11.8 Å². The van der Waals surface area contributed by atoms with Crippen LogP contribution in [0.3, 0.4) is 0 Å². The maximum Gasteiger partial charge on any atom is 0.0529 e. The van der Waals surface area contributed by atoms with Gasteiger partial charge in [-0.2, -0.15) is 25.3 Å². The summed E-state index contributed by atoms with van der Waals surface area (Å²) in [6.45, 7) is 0. The third-order valence-electron chi connectivity index (χ3n) is 3.58. The van der Waals surface area contributed by atoms with E-state index in [-0.39, 0.29) is 4.75 Å². The topological polar surface area (TPSA) is 0 Å². The number of fused-ring (bicyclic) bond motifs is 1. The molecule has 11 heavy (non-hydrogen) atoms. The third-order valence-corrected chi connectivity index (χ3v) is 5.39. The largest absolute Gasteiger partial charge is 0.174 e. The molecular weight excluding hydrogens is 172 g/mol. The Hall–Kier alpha value is 0.440. The summed E-state index contributed by atoms with van der Waals surface area (Å²) >= 11 is 9.30. The van der Waals surface area contributed by atoms with Crippen LogP contribution in [-0.4, -0.2) is 10.00 Å². The lowest BCUT2D eigenvalue weighted by Gasteiger charge is -2.37. The molecule has 2 fully saturated rings. The lowest BCUT2D eigenvalue weighted by Crippen LogP contribution is -2.41. The molecule has 0 spiro atoms. The Morgan fingerprint density at radius 3 is 3.18 bits per heavy atom. The number of hydrogen-bond donors (Lipinski definition) is 2. The zero-order valence-corrected chi connectivity index (χ0v) is 8.11. The van der Waals surface area contributed by atoms with Crippen molar-refractivity contribution < 1.29 is 0 Å². The van der Waals surface area contributed by atoms with E-state index in [1.807, 2.05) is 0 Å². The molecule has 3 aliphatic carbocycles. The average molecular weight is 184 g/mol. The van der Waals surface area contributed by atoms with Gasteiger partial charge in [0.05, 0.1) is 4.75 Å². The molecule has 0 aromatic carbocycles. The second-order valence-electron chi connectivity index (χ2n) is 4.00. The van der Waals surface area contributed by atoms with E-state index in [1.54, 1.807) is 5.57 Å². The molecule has 3 rings (SSSR count). The van der Waals surface area contributed by atoms with Gasteiger partial charge in [-0.05, 0) is 25.2 Å². The first-order chi connectivity index (χ1) is 5.26. The highest BCUT2D eigenvalue weighted by molar-refractivity contribution is 7.86. The van der Waals surface area contributed by atoms with Gasteiger partial charge in [0.1, 0.15) is 0 Å². The van der Waals surface area contributed by atoms with Crippen molar-refractivity contribution in [1.82, 2.24) is 0 Å². The van der Waals surface area contributed by atoms with Gasteiger partial charge in [-0.25, -0.2) is 0 Å².